The summed E-state index contributed by atoms with van der Waals surface area (Å²) in [4.78, 5) is 14.2. The SMILES string of the molecule is Cc1ccc(NC(=O)Nc2ccc(I)c(OCCN(C)C)c2)cc1Cl. The quantitative estimate of drug-likeness (QED) is 0.591. The average molecular weight is 474 g/mol. The molecule has 0 aliphatic rings. The first-order valence-electron chi connectivity index (χ1n) is 7.76. The molecule has 0 aromatic heterocycles. The maximum Gasteiger partial charge on any atom is 0.323 e. The van der Waals surface area contributed by atoms with E-state index in [1.54, 1.807) is 6.07 Å². The summed E-state index contributed by atoms with van der Waals surface area (Å²) < 4.78 is 6.77. The standard InChI is InChI=1S/C18H21ClIN3O2/c1-12-4-5-13(10-15(12)19)21-18(24)22-14-6-7-16(20)17(11-14)25-9-8-23(2)3/h4-7,10-11H,8-9H2,1-3H3,(H2,21,22,24). The van der Waals surface area contributed by atoms with Gasteiger partial charge in [-0.2, -0.15) is 0 Å². The predicted molar refractivity (Wildman–Crippen MR) is 112 cm³/mol. The molecule has 0 fully saturated rings. The predicted octanol–water partition coefficient (Wildman–Crippen LogP) is 4.84. The van der Waals surface area contributed by atoms with Crippen LogP contribution in [-0.2, 0) is 0 Å². The smallest absolute Gasteiger partial charge is 0.323 e. The number of hydrogen-bond acceptors (Lipinski definition) is 3. The summed E-state index contributed by atoms with van der Waals surface area (Å²) in [5.74, 6) is 0.749. The van der Waals surface area contributed by atoms with Crippen molar-refractivity contribution in [2.24, 2.45) is 0 Å². The fraction of sp³-hybridized carbons (Fsp3) is 0.278. The van der Waals surface area contributed by atoms with Crippen LogP contribution in [0.3, 0.4) is 0 Å². The largest absolute Gasteiger partial charge is 0.491 e. The zero-order chi connectivity index (χ0) is 18.4. The Morgan fingerprint density at radius 1 is 1.16 bits per heavy atom. The molecule has 0 aliphatic carbocycles. The molecule has 5 nitrogen and oxygen atoms in total. The van der Waals surface area contributed by atoms with Crippen molar-refractivity contribution in [1.82, 2.24) is 4.90 Å². The molecule has 2 rings (SSSR count). The number of nitrogens with one attached hydrogen (secondary N) is 2. The Morgan fingerprint density at radius 3 is 2.44 bits per heavy atom. The highest BCUT2D eigenvalue weighted by Crippen LogP contribution is 2.25. The van der Waals surface area contributed by atoms with E-state index in [1.807, 2.05) is 51.4 Å². The first-order chi connectivity index (χ1) is 11.8. The second kappa shape index (κ2) is 9.26. The van der Waals surface area contributed by atoms with Gasteiger partial charge in [-0.25, -0.2) is 4.79 Å². The van der Waals surface area contributed by atoms with Crippen LogP contribution in [0.1, 0.15) is 5.56 Å². The Labute approximate surface area is 166 Å². The fourth-order valence-electron chi connectivity index (χ4n) is 1.99. The molecule has 134 valence electrons. The molecule has 25 heavy (non-hydrogen) atoms. The molecule has 0 unspecified atom stereocenters. The van der Waals surface area contributed by atoms with Crippen molar-refractivity contribution >= 4 is 51.6 Å². The zero-order valence-electron chi connectivity index (χ0n) is 14.4. The summed E-state index contributed by atoms with van der Waals surface area (Å²) in [6, 6.07) is 10.6. The van der Waals surface area contributed by atoms with Crippen molar-refractivity contribution in [2.45, 2.75) is 6.92 Å². The summed E-state index contributed by atoms with van der Waals surface area (Å²) in [6.07, 6.45) is 0. The van der Waals surface area contributed by atoms with Crippen LogP contribution in [-0.4, -0.2) is 38.2 Å². The van der Waals surface area contributed by atoms with Crippen molar-refractivity contribution in [2.75, 3.05) is 37.9 Å². The third kappa shape index (κ3) is 6.37. The van der Waals surface area contributed by atoms with Crippen LogP contribution in [0.4, 0.5) is 16.2 Å². The first-order valence-corrected chi connectivity index (χ1v) is 9.22. The molecular weight excluding hydrogens is 453 g/mol. The van der Waals surface area contributed by atoms with Gasteiger partial charge in [-0.3, -0.25) is 0 Å². The minimum Gasteiger partial charge on any atom is -0.491 e. The molecule has 2 amide bonds. The van der Waals surface area contributed by atoms with Crippen molar-refractivity contribution in [3.63, 3.8) is 0 Å². The van der Waals surface area contributed by atoms with Gasteiger partial charge in [0, 0.05) is 29.0 Å². The highest BCUT2D eigenvalue weighted by molar-refractivity contribution is 14.1. The average Bonchev–Trinajstić information content (AvgIpc) is 2.53. The molecule has 7 heteroatoms. The van der Waals surface area contributed by atoms with E-state index in [-0.39, 0.29) is 6.03 Å². The van der Waals surface area contributed by atoms with Crippen molar-refractivity contribution in [1.29, 1.82) is 0 Å². The number of rotatable bonds is 6. The van der Waals surface area contributed by atoms with E-state index in [2.05, 4.69) is 38.1 Å². The fourth-order valence-corrected chi connectivity index (χ4v) is 2.67. The van der Waals surface area contributed by atoms with Crippen LogP contribution in [0.2, 0.25) is 5.02 Å². The molecule has 0 radical (unpaired) electrons. The maximum absolute atomic E-state index is 12.2. The zero-order valence-corrected chi connectivity index (χ0v) is 17.3. The number of benzene rings is 2. The lowest BCUT2D eigenvalue weighted by Gasteiger charge is -2.14. The van der Waals surface area contributed by atoms with E-state index in [0.29, 0.717) is 23.0 Å². The van der Waals surface area contributed by atoms with E-state index < -0.39 is 0 Å². The summed E-state index contributed by atoms with van der Waals surface area (Å²) in [5, 5.41) is 6.19. The van der Waals surface area contributed by atoms with Crippen LogP contribution in [0, 0.1) is 10.5 Å². The minimum atomic E-state index is -0.333. The minimum absolute atomic E-state index is 0.333. The van der Waals surface area contributed by atoms with Gasteiger partial charge in [0.05, 0.1) is 3.57 Å². The Balaban J connectivity index is 1.98. The van der Waals surface area contributed by atoms with Gasteiger partial charge in [0.2, 0.25) is 0 Å². The van der Waals surface area contributed by atoms with E-state index in [4.69, 9.17) is 16.3 Å². The number of amides is 2. The van der Waals surface area contributed by atoms with Crippen LogP contribution < -0.4 is 15.4 Å². The Kier molecular flexibility index (Phi) is 7.34. The summed E-state index contributed by atoms with van der Waals surface area (Å²) in [7, 11) is 3.99. The highest BCUT2D eigenvalue weighted by atomic mass is 127. The number of carbonyl (C=O) groups excluding carboxylic acids is 1. The number of nitrogens with zero attached hydrogens (tertiary/aromatic N) is 1. The molecule has 0 spiro atoms. The van der Waals surface area contributed by atoms with Gasteiger partial charge >= 0.3 is 6.03 Å². The Hall–Kier alpha value is -1.51. The Morgan fingerprint density at radius 2 is 1.80 bits per heavy atom. The second-order valence-corrected chi connectivity index (χ2v) is 7.41. The molecular formula is C18H21ClIN3O2. The van der Waals surface area contributed by atoms with Gasteiger partial charge in [-0.05, 0) is 73.4 Å². The van der Waals surface area contributed by atoms with Crippen molar-refractivity contribution in [3.8, 4) is 5.75 Å². The molecule has 2 N–H and O–H groups in total. The van der Waals surface area contributed by atoms with Crippen LogP contribution in [0.15, 0.2) is 36.4 Å². The third-order valence-corrected chi connectivity index (χ3v) is 4.71. The van der Waals surface area contributed by atoms with Crippen LogP contribution >= 0.6 is 34.2 Å². The molecule has 0 aliphatic heterocycles. The summed E-state index contributed by atoms with van der Waals surface area (Å²) in [6.45, 7) is 3.32. The monoisotopic (exact) mass is 473 g/mol. The first kappa shape index (κ1) is 19.8. The lowest BCUT2D eigenvalue weighted by atomic mass is 10.2. The molecule has 0 heterocycles. The van der Waals surface area contributed by atoms with Gasteiger partial charge in [-0.1, -0.05) is 17.7 Å². The van der Waals surface area contributed by atoms with Crippen molar-refractivity contribution < 1.29 is 9.53 Å². The number of aryl methyl sites for hydroxylation is 1. The van der Waals surface area contributed by atoms with Gasteiger partial charge in [-0.15, -0.1) is 0 Å². The van der Waals surface area contributed by atoms with Gasteiger partial charge in [0.1, 0.15) is 12.4 Å². The topological polar surface area (TPSA) is 53.6 Å². The van der Waals surface area contributed by atoms with Gasteiger partial charge < -0.3 is 20.3 Å². The molecule has 0 saturated heterocycles. The molecule has 0 atom stereocenters. The number of halogens is 2. The molecule has 0 bridgehead atoms. The summed E-state index contributed by atoms with van der Waals surface area (Å²) >= 11 is 8.29. The normalized spacial score (nSPS) is 10.6. The number of ether oxygens (including phenoxy) is 1. The number of carbonyl (C=O) groups is 1. The summed E-state index contributed by atoms with van der Waals surface area (Å²) in [5.41, 5.74) is 2.27. The van der Waals surface area contributed by atoms with E-state index in [9.17, 15) is 4.79 Å². The molecule has 2 aromatic rings. The molecule has 2 aromatic carbocycles. The second-order valence-electron chi connectivity index (χ2n) is 5.84. The highest BCUT2D eigenvalue weighted by Gasteiger charge is 2.08. The lowest BCUT2D eigenvalue weighted by Crippen LogP contribution is -2.20. The van der Waals surface area contributed by atoms with Gasteiger partial charge in [0.15, 0.2) is 0 Å². The molecule has 0 saturated carbocycles. The van der Waals surface area contributed by atoms with Crippen LogP contribution in [0.25, 0.3) is 0 Å². The number of likely N-dealkylation sites (N-methyl/N-ethyl adjacent to an activating group) is 1. The number of urea groups is 1. The van der Waals surface area contributed by atoms with E-state index in [0.717, 1.165) is 21.4 Å². The lowest BCUT2D eigenvalue weighted by molar-refractivity contribution is 0.260. The van der Waals surface area contributed by atoms with E-state index in [1.165, 1.54) is 0 Å². The number of hydrogen-bond donors (Lipinski definition) is 2. The Bertz CT molecular complexity index is 753. The van der Waals surface area contributed by atoms with E-state index >= 15 is 0 Å². The van der Waals surface area contributed by atoms with Gasteiger partial charge in [0.25, 0.3) is 0 Å². The third-order valence-electron chi connectivity index (χ3n) is 3.41. The van der Waals surface area contributed by atoms with Crippen molar-refractivity contribution in [3.05, 3.63) is 50.6 Å². The number of anilines is 2. The van der Waals surface area contributed by atoms with Crippen LogP contribution in [0.5, 0.6) is 5.75 Å². The maximum atomic E-state index is 12.2.